The highest BCUT2D eigenvalue weighted by molar-refractivity contribution is 5.91. The molecule has 0 radical (unpaired) electrons. The van der Waals surface area contributed by atoms with Gasteiger partial charge in [0.15, 0.2) is 0 Å². The van der Waals surface area contributed by atoms with Crippen molar-refractivity contribution in [3.8, 4) is 0 Å². The largest absolute Gasteiger partial charge is 0.478 e. The summed E-state index contributed by atoms with van der Waals surface area (Å²) in [6, 6.07) is 8.01. The lowest BCUT2D eigenvalue weighted by molar-refractivity contribution is -0.141. The van der Waals surface area contributed by atoms with Gasteiger partial charge in [0.2, 0.25) is 11.8 Å². The van der Waals surface area contributed by atoms with E-state index in [2.05, 4.69) is 10.6 Å². The maximum absolute atomic E-state index is 13.8. The molecule has 0 aliphatic carbocycles. The molecule has 0 fully saturated rings. The number of aliphatic carboxylic acids is 1. The minimum absolute atomic E-state index is 0.0109. The number of amides is 2. The Bertz CT molecular complexity index is 901. The predicted molar refractivity (Wildman–Crippen MR) is 141 cm³/mol. The first-order valence-electron chi connectivity index (χ1n) is 12.3. The number of nitrogens with one attached hydrogen (secondary N) is 2. The third kappa shape index (κ3) is 7.66. The zero-order chi connectivity index (χ0) is 27.1. The third-order valence-corrected chi connectivity index (χ3v) is 6.70. The van der Waals surface area contributed by atoms with Crippen molar-refractivity contribution in [2.24, 2.45) is 11.3 Å². The van der Waals surface area contributed by atoms with Crippen LogP contribution in [0.15, 0.2) is 42.0 Å². The van der Waals surface area contributed by atoms with Crippen LogP contribution < -0.4 is 10.6 Å². The molecule has 1 aromatic carbocycles. The first kappa shape index (κ1) is 30.4. The zero-order valence-electron chi connectivity index (χ0n) is 23.1. The van der Waals surface area contributed by atoms with Gasteiger partial charge >= 0.3 is 5.97 Å². The van der Waals surface area contributed by atoms with Crippen LogP contribution in [0.3, 0.4) is 0 Å². The number of carbonyl (C=O) groups is 3. The van der Waals surface area contributed by atoms with Gasteiger partial charge in [-0.15, -0.1) is 0 Å². The van der Waals surface area contributed by atoms with Crippen LogP contribution in [-0.4, -0.2) is 60.0 Å². The summed E-state index contributed by atoms with van der Waals surface area (Å²) in [6.45, 7) is 15.4. The van der Waals surface area contributed by atoms with Gasteiger partial charge in [-0.25, -0.2) is 4.79 Å². The number of carboxylic acid groups (broad SMARTS) is 1. The van der Waals surface area contributed by atoms with Gasteiger partial charge < -0.3 is 20.6 Å². The minimum Gasteiger partial charge on any atom is -0.478 e. The van der Waals surface area contributed by atoms with Crippen LogP contribution >= 0.6 is 0 Å². The standard InChI is InChI=1S/C28H45N3O4/c1-11-19(26(34)35)17-21(18(2)3)31(10)25(33)23(27(4,5)6)30-24(32)22(29-9)28(7,8)20-15-13-12-14-16-20/h12-18,21-23,29H,11H2,1-10H3,(H,30,32)(H,34,35)/t21-,22-,23-/m1/s1. The molecule has 0 bridgehead atoms. The van der Waals surface area contributed by atoms with Gasteiger partial charge in [0.05, 0.1) is 12.1 Å². The molecular formula is C28H45N3O4. The molecule has 35 heavy (non-hydrogen) atoms. The third-order valence-electron chi connectivity index (χ3n) is 6.70. The highest BCUT2D eigenvalue weighted by atomic mass is 16.4. The molecule has 7 nitrogen and oxygen atoms in total. The first-order chi connectivity index (χ1) is 16.1. The molecule has 0 aliphatic heterocycles. The molecule has 0 heterocycles. The number of carboxylic acids is 1. The summed E-state index contributed by atoms with van der Waals surface area (Å²) in [5.74, 6) is -1.52. The summed E-state index contributed by atoms with van der Waals surface area (Å²) in [5, 5.41) is 15.7. The van der Waals surface area contributed by atoms with Gasteiger partial charge in [0.25, 0.3) is 0 Å². The lowest BCUT2D eigenvalue weighted by atomic mass is 9.76. The molecule has 1 rings (SSSR count). The lowest BCUT2D eigenvalue weighted by Crippen LogP contribution is -2.61. The van der Waals surface area contributed by atoms with E-state index in [1.54, 1.807) is 32.0 Å². The number of benzene rings is 1. The van der Waals surface area contributed by atoms with Crippen molar-refractivity contribution in [2.75, 3.05) is 14.1 Å². The van der Waals surface area contributed by atoms with E-state index >= 15 is 0 Å². The molecule has 0 saturated heterocycles. The number of nitrogens with zero attached hydrogens (tertiary/aromatic N) is 1. The van der Waals surface area contributed by atoms with Gasteiger partial charge in [-0.2, -0.15) is 0 Å². The van der Waals surface area contributed by atoms with Crippen LogP contribution in [0.2, 0.25) is 0 Å². The SMILES string of the molecule is CCC(=C[C@H](C(C)C)N(C)C(=O)[C@@H](NC(=O)[C@@H](NC)C(C)(C)c1ccccc1)C(C)(C)C)C(=O)O. The van der Waals surface area contributed by atoms with Gasteiger partial charge in [-0.05, 0) is 30.4 Å². The van der Waals surface area contributed by atoms with E-state index in [-0.39, 0.29) is 23.3 Å². The number of carbonyl (C=O) groups excluding carboxylic acids is 2. The van der Waals surface area contributed by atoms with Crippen molar-refractivity contribution in [3.63, 3.8) is 0 Å². The van der Waals surface area contributed by atoms with E-state index in [1.807, 2.05) is 78.8 Å². The molecule has 0 saturated carbocycles. The number of likely N-dealkylation sites (N-methyl/N-ethyl adjacent to an activating group) is 2. The Kier molecular flexibility index (Phi) is 10.7. The Balaban J connectivity index is 3.32. The molecule has 7 heteroatoms. The molecule has 0 aliphatic rings. The molecule has 0 spiro atoms. The smallest absolute Gasteiger partial charge is 0.331 e. The summed E-state index contributed by atoms with van der Waals surface area (Å²) in [6.07, 6.45) is 2.01. The summed E-state index contributed by atoms with van der Waals surface area (Å²) in [5.41, 5.74) is 0.176. The average molecular weight is 488 g/mol. The summed E-state index contributed by atoms with van der Waals surface area (Å²) < 4.78 is 0. The molecule has 3 N–H and O–H groups in total. The molecule has 2 amide bonds. The van der Waals surface area contributed by atoms with Crippen LogP contribution in [0, 0.1) is 11.3 Å². The number of hydrogen-bond acceptors (Lipinski definition) is 4. The molecular weight excluding hydrogens is 442 g/mol. The molecule has 0 unspecified atom stereocenters. The monoisotopic (exact) mass is 487 g/mol. The van der Waals surface area contributed by atoms with Gasteiger partial charge in [0, 0.05) is 18.0 Å². The maximum Gasteiger partial charge on any atom is 0.331 e. The Hall–Kier alpha value is -2.67. The normalized spacial score (nSPS) is 15.3. The van der Waals surface area contributed by atoms with Crippen molar-refractivity contribution in [3.05, 3.63) is 47.5 Å². The van der Waals surface area contributed by atoms with Gasteiger partial charge in [-0.3, -0.25) is 9.59 Å². The Morgan fingerprint density at radius 1 is 1.03 bits per heavy atom. The highest BCUT2D eigenvalue weighted by Crippen LogP contribution is 2.29. The predicted octanol–water partition coefficient (Wildman–Crippen LogP) is 3.99. The van der Waals surface area contributed by atoms with E-state index in [9.17, 15) is 19.5 Å². The molecule has 3 atom stereocenters. The summed E-state index contributed by atoms with van der Waals surface area (Å²) in [7, 11) is 3.42. The number of hydrogen-bond donors (Lipinski definition) is 3. The zero-order valence-corrected chi connectivity index (χ0v) is 23.1. The fraction of sp³-hybridized carbons (Fsp3) is 0.607. The van der Waals surface area contributed by atoms with Crippen molar-refractivity contribution < 1.29 is 19.5 Å². The first-order valence-corrected chi connectivity index (χ1v) is 12.3. The Labute approximate surface area is 211 Å². The number of rotatable bonds is 11. The van der Waals surface area contributed by atoms with Crippen LogP contribution in [0.4, 0.5) is 0 Å². The van der Waals surface area contributed by atoms with Crippen LogP contribution in [0.5, 0.6) is 0 Å². The quantitative estimate of drug-likeness (QED) is 0.410. The van der Waals surface area contributed by atoms with E-state index in [0.717, 1.165) is 5.56 Å². The summed E-state index contributed by atoms with van der Waals surface area (Å²) in [4.78, 5) is 40.5. The topological polar surface area (TPSA) is 98.7 Å². The van der Waals surface area contributed by atoms with Crippen LogP contribution in [0.1, 0.15) is 67.4 Å². The molecule has 1 aromatic rings. The minimum atomic E-state index is -0.986. The maximum atomic E-state index is 13.8. The van der Waals surface area contributed by atoms with E-state index < -0.39 is 34.9 Å². The average Bonchev–Trinajstić information content (AvgIpc) is 2.76. The Morgan fingerprint density at radius 2 is 1.57 bits per heavy atom. The summed E-state index contributed by atoms with van der Waals surface area (Å²) >= 11 is 0. The van der Waals surface area contributed by atoms with E-state index in [1.165, 1.54) is 0 Å². The van der Waals surface area contributed by atoms with Crippen molar-refractivity contribution >= 4 is 17.8 Å². The van der Waals surface area contributed by atoms with Crippen molar-refractivity contribution in [2.45, 2.75) is 85.4 Å². The lowest BCUT2D eigenvalue weighted by Gasteiger charge is -2.40. The fourth-order valence-electron chi connectivity index (χ4n) is 4.38. The van der Waals surface area contributed by atoms with Gasteiger partial charge in [0.1, 0.15) is 6.04 Å². The second-order valence-corrected chi connectivity index (χ2v) is 11.2. The highest BCUT2D eigenvalue weighted by Gasteiger charge is 2.41. The second-order valence-electron chi connectivity index (χ2n) is 11.2. The molecule has 0 aromatic heterocycles. The van der Waals surface area contributed by atoms with Crippen LogP contribution in [-0.2, 0) is 19.8 Å². The van der Waals surface area contributed by atoms with Crippen LogP contribution in [0.25, 0.3) is 0 Å². The Morgan fingerprint density at radius 3 is 1.97 bits per heavy atom. The van der Waals surface area contributed by atoms with Crippen molar-refractivity contribution in [1.29, 1.82) is 0 Å². The fourth-order valence-corrected chi connectivity index (χ4v) is 4.38. The molecule has 196 valence electrons. The van der Waals surface area contributed by atoms with Crippen molar-refractivity contribution in [1.82, 2.24) is 15.5 Å². The second kappa shape index (κ2) is 12.3. The van der Waals surface area contributed by atoms with Gasteiger partial charge in [-0.1, -0.05) is 91.8 Å². The van der Waals surface area contributed by atoms with E-state index in [4.69, 9.17) is 0 Å². The van der Waals surface area contributed by atoms with E-state index in [0.29, 0.717) is 6.42 Å².